The molecule has 136 valence electrons. The first kappa shape index (κ1) is 18.3. The Labute approximate surface area is 153 Å². The molecule has 0 amide bonds. The molecule has 3 aromatic rings. The minimum atomic E-state index is -4.45. The predicted octanol–water partition coefficient (Wildman–Crippen LogP) is 5.05. The van der Waals surface area contributed by atoms with Crippen LogP contribution >= 0.6 is 11.8 Å². The summed E-state index contributed by atoms with van der Waals surface area (Å²) in [6.45, 7) is 1.90. The number of nitrogens with one attached hydrogen (secondary N) is 1. The Hall–Kier alpha value is -2.48. The monoisotopic (exact) mass is 378 g/mol. The Bertz CT molecular complexity index is 957. The summed E-state index contributed by atoms with van der Waals surface area (Å²) >= 11 is 1.37. The minimum Gasteiger partial charge on any atom is -0.372 e. The Balaban J connectivity index is 2.29. The summed E-state index contributed by atoms with van der Waals surface area (Å²) < 4.78 is 40.8. The number of aromatic nitrogens is 2. The average molecular weight is 378 g/mol. The van der Waals surface area contributed by atoms with Crippen LogP contribution in [0.1, 0.15) is 12.5 Å². The van der Waals surface area contributed by atoms with Gasteiger partial charge in [0, 0.05) is 22.9 Å². The van der Waals surface area contributed by atoms with Gasteiger partial charge in [-0.2, -0.15) is 18.2 Å². The molecule has 0 aliphatic rings. The minimum absolute atomic E-state index is 0.0614. The molecule has 0 aliphatic heterocycles. The molecule has 2 aromatic carbocycles. The van der Waals surface area contributed by atoms with Crippen LogP contribution in [0.3, 0.4) is 0 Å². The van der Waals surface area contributed by atoms with Crippen molar-refractivity contribution < 1.29 is 13.2 Å². The second-order valence-corrected chi connectivity index (χ2v) is 6.83. The van der Waals surface area contributed by atoms with Gasteiger partial charge >= 0.3 is 6.18 Å². The number of nitrogens with zero attached hydrogens (tertiary/aromatic N) is 2. The van der Waals surface area contributed by atoms with Crippen molar-refractivity contribution >= 4 is 34.4 Å². The maximum atomic E-state index is 13.6. The van der Waals surface area contributed by atoms with Crippen molar-refractivity contribution in [3.63, 3.8) is 0 Å². The van der Waals surface area contributed by atoms with E-state index in [1.807, 2.05) is 6.92 Å². The predicted molar refractivity (Wildman–Crippen MR) is 100 cm³/mol. The second kappa shape index (κ2) is 7.03. The normalized spacial score (nSPS) is 11.7. The van der Waals surface area contributed by atoms with Crippen molar-refractivity contribution in [1.82, 2.24) is 9.97 Å². The van der Waals surface area contributed by atoms with Gasteiger partial charge in [0.05, 0.1) is 11.1 Å². The Kier molecular flexibility index (Phi) is 4.95. The van der Waals surface area contributed by atoms with E-state index in [2.05, 4.69) is 15.3 Å². The lowest BCUT2D eigenvalue weighted by Crippen LogP contribution is -2.08. The molecule has 0 radical (unpaired) electrons. The highest BCUT2D eigenvalue weighted by Gasteiger charge is 2.34. The van der Waals surface area contributed by atoms with E-state index < -0.39 is 11.7 Å². The van der Waals surface area contributed by atoms with Gasteiger partial charge in [-0.3, -0.25) is 0 Å². The highest BCUT2D eigenvalue weighted by atomic mass is 32.2. The zero-order valence-electron chi connectivity index (χ0n) is 14.2. The first-order valence-corrected chi connectivity index (χ1v) is 8.92. The molecule has 0 saturated carbocycles. The van der Waals surface area contributed by atoms with E-state index in [0.717, 1.165) is 6.07 Å². The molecule has 0 aliphatic carbocycles. The summed E-state index contributed by atoms with van der Waals surface area (Å²) in [6.07, 6.45) is -4.45. The van der Waals surface area contributed by atoms with Crippen LogP contribution in [0.5, 0.6) is 0 Å². The smallest absolute Gasteiger partial charge is 0.372 e. The van der Waals surface area contributed by atoms with Crippen molar-refractivity contribution in [2.45, 2.75) is 18.0 Å². The van der Waals surface area contributed by atoms with Gasteiger partial charge in [0.15, 0.2) is 0 Å². The van der Waals surface area contributed by atoms with Crippen LogP contribution in [-0.4, -0.2) is 22.8 Å². The molecule has 0 bridgehead atoms. The van der Waals surface area contributed by atoms with E-state index in [-0.39, 0.29) is 11.5 Å². The fraction of sp³-hybridized carbons (Fsp3) is 0.222. The molecule has 4 nitrogen and oxygen atoms in total. The number of nitrogen functional groups attached to an aromatic ring is 1. The number of thioether (sulfide) groups is 1. The van der Waals surface area contributed by atoms with Crippen LogP contribution < -0.4 is 11.1 Å². The van der Waals surface area contributed by atoms with Crippen LogP contribution in [0, 0.1) is 0 Å². The van der Waals surface area contributed by atoms with Crippen LogP contribution in [0.15, 0.2) is 41.3 Å². The second-order valence-electron chi connectivity index (χ2n) is 5.52. The van der Waals surface area contributed by atoms with E-state index in [9.17, 15) is 13.2 Å². The molecular weight excluding hydrogens is 361 g/mol. The molecule has 0 unspecified atom stereocenters. The van der Waals surface area contributed by atoms with Crippen molar-refractivity contribution in [1.29, 1.82) is 0 Å². The maximum absolute atomic E-state index is 13.6. The quantitative estimate of drug-likeness (QED) is 0.622. The molecule has 0 atom stereocenters. The number of rotatable bonds is 4. The number of benzene rings is 2. The van der Waals surface area contributed by atoms with E-state index in [1.54, 1.807) is 31.3 Å². The number of nitrogens with two attached hydrogens (primary N) is 1. The Morgan fingerprint density at radius 3 is 2.58 bits per heavy atom. The van der Waals surface area contributed by atoms with E-state index in [4.69, 9.17) is 5.73 Å². The van der Waals surface area contributed by atoms with E-state index in [0.29, 0.717) is 32.9 Å². The molecule has 0 spiro atoms. The zero-order chi connectivity index (χ0) is 18.9. The third kappa shape index (κ3) is 3.41. The molecule has 0 fully saturated rings. The van der Waals surface area contributed by atoms with Crippen molar-refractivity contribution in [3.05, 3.63) is 42.0 Å². The Morgan fingerprint density at radius 1 is 1.15 bits per heavy atom. The molecule has 1 heterocycles. The van der Waals surface area contributed by atoms with Gasteiger partial charge in [-0.25, -0.2) is 4.98 Å². The lowest BCUT2D eigenvalue weighted by molar-refractivity contribution is -0.137. The van der Waals surface area contributed by atoms with Gasteiger partial charge in [-0.15, -0.1) is 11.8 Å². The summed E-state index contributed by atoms with van der Waals surface area (Å²) in [4.78, 5) is 8.86. The van der Waals surface area contributed by atoms with Gasteiger partial charge in [-0.1, -0.05) is 19.1 Å². The van der Waals surface area contributed by atoms with E-state index >= 15 is 0 Å². The topological polar surface area (TPSA) is 63.8 Å². The van der Waals surface area contributed by atoms with Gasteiger partial charge in [0.2, 0.25) is 5.95 Å². The van der Waals surface area contributed by atoms with Gasteiger partial charge in [0.25, 0.3) is 0 Å². The first-order chi connectivity index (χ1) is 12.3. The summed E-state index contributed by atoms with van der Waals surface area (Å²) in [5.74, 6) is 1.26. The lowest BCUT2D eigenvalue weighted by Gasteiger charge is -2.17. The highest BCUT2D eigenvalue weighted by molar-refractivity contribution is 7.99. The standard InChI is InChI=1S/C18H17F3N4S/c1-3-26-14-6-4-5-12(18(19,20)21)15(14)10-7-8-11-13(9-10)24-17(22)25-16(11)23-2/h4-9H,3H2,1-2H3,(H3,22,23,24,25). The summed E-state index contributed by atoms with van der Waals surface area (Å²) in [5.41, 5.74) is 6.16. The summed E-state index contributed by atoms with van der Waals surface area (Å²) in [7, 11) is 1.70. The largest absolute Gasteiger partial charge is 0.417 e. The number of halogens is 3. The van der Waals surface area contributed by atoms with Gasteiger partial charge in [-0.05, 0) is 35.6 Å². The van der Waals surface area contributed by atoms with Crippen LogP contribution in [-0.2, 0) is 6.18 Å². The van der Waals surface area contributed by atoms with Crippen LogP contribution in [0.2, 0.25) is 0 Å². The van der Waals surface area contributed by atoms with Gasteiger partial charge < -0.3 is 11.1 Å². The highest BCUT2D eigenvalue weighted by Crippen LogP contribution is 2.43. The zero-order valence-corrected chi connectivity index (χ0v) is 15.0. The SMILES string of the molecule is CCSc1cccc(C(F)(F)F)c1-c1ccc2c(NC)nc(N)nc2c1. The van der Waals surface area contributed by atoms with Crippen molar-refractivity contribution in [2.75, 3.05) is 23.9 Å². The number of alkyl halides is 3. The van der Waals surface area contributed by atoms with Crippen LogP contribution in [0.4, 0.5) is 24.9 Å². The van der Waals surface area contributed by atoms with Crippen molar-refractivity contribution in [2.24, 2.45) is 0 Å². The third-order valence-electron chi connectivity index (χ3n) is 3.87. The summed E-state index contributed by atoms with van der Waals surface area (Å²) in [6, 6.07) is 9.24. The number of fused-ring (bicyclic) bond motifs is 1. The fourth-order valence-electron chi connectivity index (χ4n) is 2.83. The van der Waals surface area contributed by atoms with Gasteiger partial charge in [0.1, 0.15) is 5.82 Å². The third-order valence-corrected chi connectivity index (χ3v) is 4.81. The van der Waals surface area contributed by atoms with Crippen molar-refractivity contribution in [3.8, 4) is 11.1 Å². The Morgan fingerprint density at radius 2 is 1.92 bits per heavy atom. The molecule has 8 heteroatoms. The molecule has 0 saturated heterocycles. The van der Waals surface area contributed by atoms with Crippen LogP contribution in [0.25, 0.3) is 22.0 Å². The molecule has 3 N–H and O–H groups in total. The molecule has 26 heavy (non-hydrogen) atoms. The first-order valence-electron chi connectivity index (χ1n) is 7.93. The molecular formula is C18H17F3N4S. The fourth-order valence-corrected chi connectivity index (χ4v) is 3.69. The summed E-state index contributed by atoms with van der Waals surface area (Å²) in [5, 5.41) is 3.62. The number of anilines is 2. The number of hydrogen-bond acceptors (Lipinski definition) is 5. The number of hydrogen-bond donors (Lipinski definition) is 2. The molecule has 1 aromatic heterocycles. The maximum Gasteiger partial charge on any atom is 0.417 e. The lowest BCUT2D eigenvalue weighted by atomic mass is 9.98. The van der Waals surface area contributed by atoms with E-state index in [1.165, 1.54) is 17.8 Å². The molecule has 3 rings (SSSR count). The average Bonchev–Trinajstić information content (AvgIpc) is 2.59.